The van der Waals surface area contributed by atoms with Crippen molar-refractivity contribution < 1.29 is 4.74 Å². The zero-order valence-corrected chi connectivity index (χ0v) is 14.9. The molecule has 0 amide bonds. The second kappa shape index (κ2) is 7.50. The van der Waals surface area contributed by atoms with E-state index in [1.807, 2.05) is 30.3 Å². The summed E-state index contributed by atoms with van der Waals surface area (Å²) in [5, 5.41) is 4.81. The minimum Gasteiger partial charge on any atom is -0.496 e. The molecule has 0 aliphatic rings. The first kappa shape index (κ1) is 16.6. The van der Waals surface area contributed by atoms with Crippen molar-refractivity contribution in [2.45, 2.75) is 13.0 Å². The number of hydrogen-bond donors (Lipinski definition) is 1. The number of methoxy groups -OCH3 is 1. The van der Waals surface area contributed by atoms with E-state index in [9.17, 15) is 0 Å². The minimum absolute atomic E-state index is 0.0246. The molecule has 0 fully saturated rings. The van der Waals surface area contributed by atoms with Crippen LogP contribution >= 0.6 is 39.1 Å². The predicted molar refractivity (Wildman–Crippen MR) is 92.7 cm³/mol. The number of hydrogen-bond acceptors (Lipinski definition) is 2. The van der Waals surface area contributed by atoms with E-state index in [2.05, 4.69) is 28.2 Å². The number of benzene rings is 2. The molecule has 2 aromatic carbocycles. The van der Waals surface area contributed by atoms with Crippen molar-refractivity contribution in [3.8, 4) is 5.75 Å². The quantitative estimate of drug-likeness (QED) is 0.733. The van der Waals surface area contributed by atoms with Crippen LogP contribution in [0.1, 0.15) is 24.1 Å². The van der Waals surface area contributed by atoms with Crippen molar-refractivity contribution in [2.24, 2.45) is 0 Å². The van der Waals surface area contributed by atoms with E-state index in [0.717, 1.165) is 27.9 Å². The molecule has 0 saturated heterocycles. The molecule has 0 bridgehead atoms. The fraction of sp³-hybridized carbons (Fsp3) is 0.250. The van der Waals surface area contributed by atoms with Gasteiger partial charge in [0, 0.05) is 10.0 Å². The third kappa shape index (κ3) is 3.92. The van der Waals surface area contributed by atoms with Gasteiger partial charge < -0.3 is 10.1 Å². The highest BCUT2D eigenvalue weighted by Gasteiger charge is 2.17. The first-order chi connectivity index (χ1) is 10.1. The lowest BCUT2D eigenvalue weighted by Crippen LogP contribution is -2.22. The largest absolute Gasteiger partial charge is 0.496 e. The molecule has 21 heavy (non-hydrogen) atoms. The Morgan fingerprint density at radius 3 is 2.57 bits per heavy atom. The van der Waals surface area contributed by atoms with Gasteiger partial charge in [-0.15, -0.1) is 0 Å². The van der Waals surface area contributed by atoms with Gasteiger partial charge in [0.2, 0.25) is 0 Å². The molecule has 1 unspecified atom stereocenters. The highest BCUT2D eigenvalue weighted by atomic mass is 79.9. The molecule has 1 N–H and O–H groups in total. The summed E-state index contributed by atoms with van der Waals surface area (Å²) in [6, 6.07) is 11.5. The number of halogens is 3. The molecule has 112 valence electrons. The molecular weight excluding hydrogens is 373 g/mol. The molecule has 0 saturated carbocycles. The van der Waals surface area contributed by atoms with E-state index >= 15 is 0 Å². The van der Waals surface area contributed by atoms with E-state index in [4.69, 9.17) is 27.9 Å². The minimum atomic E-state index is -0.0246. The van der Waals surface area contributed by atoms with Crippen LogP contribution in [0.3, 0.4) is 0 Å². The SMILES string of the molecule is CCNC(c1ccc(OC)c(Br)c1)c1cc(Cl)ccc1Cl. The molecule has 1 atom stereocenters. The first-order valence-electron chi connectivity index (χ1n) is 6.58. The maximum absolute atomic E-state index is 6.34. The maximum atomic E-state index is 6.34. The Bertz CT molecular complexity index is 634. The molecule has 2 rings (SSSR count). The van der Waals surface area contributed by atoms with Crippen molar-refractivity contribution in [1.29, 1.82) is 0 Å². The van der Waals surface area contributed by atoms with Gasteiger partial charge in [0.1, 0.15) is 5.75 Å². The Morgan fingerprint density at radius 1 is 1.19 bits per heavy atom. The van der Waals surface area contributed by atoms with E-state index < -0.39 is 0 Å². The topological polar surface area (TPSA) is 21.3 Å². The van der Waals surface area contributed by atoms with Crippen LogP contribution in [0, 0.1) is 0 Å². The van der Waals surface area contributed by atoms with Gasteiger partial charge in [0.15, 0.2) is 0 Å². The normalized spacial score (nSPS) is 12.2. The lowest BCUT2D eigenvalue weighted by molar-refractivity contribution is 0.412. The Kier molecular flexibility index (Phi) is 5.94. The molecule has 0 heterocycles. The average molecular weight is 389 g/mol. The summed E-state index contributed by atoms with van der Waals surface area (Å²) in [4.78, 5) is 0. The second-order valence-electron chi connectivity index (χ2n) is 4.55. The Hall–Kier alpha value is -0.740. The zero-order valence-electron chi connectivity index (χ0n) is 11.8. The van der Waals surface area contributed by atoms with E-state index in [1.54, 1.807) is 13.2 Å². The van der Waals surface area contributed by atoms with Crippen molar-refractivity contribution >= 4 is 39.1 Å². The van der Waals surface area contributed by atoms with Crippen molar-refractivity contribution in [1.82, 2.24) is 5.32 Å². The van der Waals surface area contributed by atoms with Crippen LogP contribution in [0.4, 0.5) is 0 Å². The summed E-state index contributed by atoms with van der Waals surface area (Å²) in [5.74, 6) is 0.797. The van der Waals surface area contributed by atoms with E-state index in [1.165, 1.54) is 0 Å². The van der Waals surface area contributed by atoms with Crippen LogP contribution < -0.4 is 10.1 Å². The third-order valence-electron chi connectivity index (χ3n) is 3.19. The predicted octanol–water partition coefficient (Wildman–Crippen LogP) is 5.46. The molecule has 0 aliphatic carbocycles. The Balaban J connectivity index is 2.48. The van der Waals surface area contributed by atoms with Crippen molar-refractivity contribution in [3.63, 3.8) is 0 Å². The molecule has 0 radical (unpaired) electrons. The number of rotatable bonds is 5. The number of nitrogens with one attached hydrogen (secondary N) is 1. The van der Waals surface area contributed by atoms with E-state index in [0.29, 0.717) is 10.0 Å². The van der Waals surface area contributed by atoms with Gasteiger partial charge in [-0.1, -0.05) is 36.2 Å². The standard InChI is InChI=1S/C16H16BrCl2NO/c1-3-20-16(12-9-11(18)5-6-14(12)19)10-4-7-15(21-2)13(17)8-10/h4-9,16,20H,3H2,1-2H3. The van der Waals surface area contributed by atoms with Gasteiger partial charge in [0.05, 0.1) is 17.6 Å². The average Bonchev–Trinajstić information content (AvgIpc) is 2.47. The second-order valence-corrected chi connectivity index (χ2v) is 6.25. The van der Waals surface area contributed by atoms with Crippen molar-refractivity contribution in [3.05, 3.63) is 62.0 Å². The lowest BCUT2D eigenvalue weighted by atomic mass is 9.98. The third-order valence-corrected chi connectivity index (χ3v) is 4.39. The summed E-state index contributed by atoms with van der Waals surface area (Å²) in [7, 11) is 1.65. The number of ether oxygens (including phenoxy) is 1. The fourth-order valence-corrected chi connectivity index (χ4v) is 3.18. The van der Waals surface area contributed by atoms with Crippen LogP contribution in [0.15, 0.2) is 40.9 Å². The highest BCUT2D eigenvalue weighted by molar-refractivity contribution is 9.10. The van der Waals surface area contributed by atoms with Gasteiger partial charge >= 0.3 is 0 Å². The molecule has 2 nitrogen and oxygen atoms in total. The Morgan fingerprint density at radius 2 is 1.95 bits per heavy atom. The molecule has 2 aromatic rings. The van der Waals surface area contributed by atoms with Gasteiger partial charge in [-0.2, -0.15) is 0 Å². The van der Waals surface area contributed by atoms with Gasteiger partial charge in [-0.3, -0.25) is 0 Å². The summed E-state index contributed by atoms with van der Waals surface area (Å²) in [6.07, 6.45) is 0. The highest BCUT2D eigenvalue weighted by Crippen LogP contribution is 2.34. The summed E-state index contributed by atoms with van der Waals surface area (Å²) >= 11 is 16.0. The van der Waals surface area contributed by atoms with Crippen molar-refractivity contribution in [2.75, 3.05) is 13.7 Å². The fourth-order valence-electron chi connectivity index (χ4n) is 2.21. The van der Waals surface area contributed by atoms with Gasteiger partial charge in [0.25, 0.3) is 0 Å². The molecular formula is C16H16BrCl2NO. The monoisotopic (exact) mass is 387 g/mol. The van der Waals surface area contributed by atoms with Crippen LogP contribution in [0.5, 0.6) is 5.75 Å². The van der Waals surface area contributed by atoms with Gasteiger partial charge in [-0.05, 0) is 63.9 Å². The first-order valence-corrected chi connectivity index (χ1v) is 8.13. The lowest BCUT2D eigenvalue weighted by Gasteiger charge is -2.21. The summed E-state index contributed by atoms with van der Waals surface area (Å²) in [6.45, 7) is 2.88. The molecule has 0 aromatic heterocycles. The summed E-state index contributed by atoms with van der Waals surface area (Å²) < 4.78 is 6.18. The van der Waals surface area contributed by atoms with Crippen LogP contribution in [0.2, 0.25) is 10.0 Å². The van der Waals surface area contributed by atoms with E-state index in [-0.39, 0.29) is 6.04 Å². The Labute approximate surface area is 143 Å². The molecule has 0 spiro atoms. The molecule has 5 heteroatoms. The van der Waals surface area contributed by atoms with Crippen LogP contribution in [-0.2, 0) is 0 Å². The maximum Gasteiger partial charge on any atom is 0.133 e. The summed E-state index contributed by atoms with van der Waals surface area (Å²) in [5.41, 5.74) is 2.05. The van der Waals surface area contributed by atoms with Crippen LogP contribution in [-0.4, -0.2) is 13.7 Å². The zero-order chi connectivity index (χ0) is 15.4. The smallest absolute Gasteiger partial charge is 0.133 e. The molecule has 0 aliphatic heterocycles. The van der Waals surface area contributed by atoms with Gasteiger partial charge in [-0.25, -0.2) is 0 Å². The van der Waals surface area contributed by atoms with Crippen LogP contribution in [0.25, 0.3) is 0 Å².